The van der Waals surface area contributed by atoms with Crippen LogP contribution in [0.15, 0.2) is 70.1 Å². The highest BCUT2D eigenvalue weighted by atomic mass is 32.2. The second-order valence-corrected chi connectivity index (χ2v) is 12.5. The van der Waals surface area contributed by atoms with Crippen molar-refractivity contribution in [2.75, 3.05) is 17.3 Å². The fourth-order valence-corrected chi connectivity index (χ4v) is 6.44. The molecule has 33 heavy (non-hydrogen) atoms. The number of sulfone groups is 2. The van der Waals surface area contributed by atoms with Gasteiger partial charge < -0.3 is 9.42 Å². The molecule has 1 atom stereocenters. The Hall–Kier alpha value is -2.98. The smallest absolute Gasteiger partial charge is 0.276 e. The van der Waals surface area contributed by atoms with E-state index in [1.807, 2.05) is 30.3 Å². The fourth-order valence-electron chi connectivity index (χ4n) is 3.82. The van der Waals surface area contributed by atoms with Gasteiger partial charge in [0.2, 0.25) is 0 Å². The van der Waals surface area contributed by atoms with Crippen LogP contribution in [-0.4, -0.2) is 56.1 Å². The molecule has 8 nitrogen and oxygen atoms in total. The molecule has 0 N–H and O–H groups in total. The minimum Gasteiger partial charge on any atom is -0.355 e. The summed E-state index contributed by atoms with van der Waals surface area (Å²) in [6, 6.07) is 16.6. The monoisotopic (exact) mass is 488 g/mol. The first kappa shape index (κ1) is 23.2. The lowest BCUT2D eigenvalue weighted by molar-refractivity contribution is 0.0670. The largest absolute Gasteiger partial charge is 0.355 e. The minimum absolute atomic E-state index is 0.00143. The van der Waals surface area contributed by atoms with Gasteiger partial charge in [0, 0.05) is 24.2 Å². The molecule has 10 heteroatoms. The highest BCUT2D eigenvalue weighted by Gasteiger charge is 2.36. The van der Waals surface area contributed by atoms with Gasteiger partial charge in [-0.05, 0) is 36.2 Å². The number of rotatable bonds is 7. The zero-order valence-corrected chi connectivity index (χ0v) is 19.7. The van der Waals surface area contributed by atoms with Crippen LogP contribution in [0.1, 0.15) is 29.4 Å². The van der Waals surface area contributed by atoms with Gasteiger partial charge in [-0.3, -0.25) is 4.79 Å². The van der Waals surface area contributed by atoms with E-state index in [0.717, 1.165) is 5.56 Å². The van der Waals surface area contributed by atoms with E-state index in [9.17, 15) is 21.6 Å². The topological polar surface area (TPSA) is 115 Å². The molecule has 0 radical (unpaired) electrons. The number of nitrogens with zero attached hydrogens (tertiary/aromatic N) is 2. The summed E-state index contributed by atoms with van der Waals surface area (Å²) >= 11 is 0. The first-order valence-corrected chi connectivity index (χ1v) is 14.0. The molecule has 1 fully saturated rings. The second-order valence-electron chi connectivity index (χ2n) is 7.98. The van der Waals surface area contributed by atoms with Crippen LogP contribution < -0.4 is 0 Å². The molecule has 2 aromatic carbocycles. The minimum atomic E-state index is -3.32. The zero-order chi connectivity index (χ0) is 23.6. The van der Waals surface area contributed by atoms with Crippen LogP contribution in [-0.2, 0) is 26.2 Å². The molecule has 1 aliphatic rings. The second kappa shape index (κ2) is 9.11. The molecule has 174 valence electrons. The van der Waals surface area contributed by atoms with Crippen molar-refractivity contribution in [1.29, 1.82) is 0 Å². The molecule has 0 aliphatic carbocycles. The normalized spacial score (nSPS) is 17.7. The maximum Gasteiger partial charge on any atom is 0.276 e. The number of carbonyl (C=O) groups is 1. The number of carbonyl (C=O) groups excluding carboxylic acids is 1. The molecule has 4 rings (SSSR count). The van der Waals surface area contributed by atoms with Crippen LogP contribution >= 0.6 is 0 Å². The standard InChI is InChI=1S/C23H24N2O6S2/c1-2-33(29,30)20-10-8-18(9-11-20)22-14-21(24-31-22)23(26)25(15-17-6-4-3-5-7-17)19-12-13-32(27,28)16-19/h3-11,14,19H,2,12-13,15-16H2,1H3. The van der Waals surface area contributed by atoms with E-state index < -0.39 is 31.6 Å². The van der Waals surface area contributed by atoms with Crippen LogP contribution in [0.25, 0.3) is 11.3 Å². The van der Waals surface area contributed by atoms with Crippen LogP contribution in [0.4, 0.5) is 0 Å². The first-order chi connectivity index (χ1) is 15.7. The molecular weight excluding hydrogens is 464 g/mol. The molecule has 1 aliphatic heterocycles. The predicted molar refractivity (Wildman–Crippen MR) is 123 cm³/mol. The Morgan fingerprint density at radius 2 is 1.82 bits per heavy atom. The van der Waals surface area contributed by atoms with Gasteiger partial charge >= 0.3 is 0 Å². The summed E-state index contributed by atoms with van der Waals surface area (Å²) in [6.07, 6.45) is 0.374. The maximum atomic E-state index is 13.3. The summed E-state index contributed by atoms with van der Waals surface area (Å²) in [6.45, 7) is 1.83. The fraction of sp³-hybridized carbons (Fsp3) is 0.304. The number of amides is 1. The quantitative estimate of drug-likeness (QED) is 0.502. The zero-order valence-electron chi connectivity index (χ0n) is 18.0. The van der Waals surface area contributed by atoms with E-state index in [1.165, 1.54) is 18.2 Å². The van der Waals surface area contributed by atoms with E-state index in [2.05, 4.69) is 5.16 Å². The van der Waals surface area contributed by atoms with Crippen LogP contribution in [0.3, 0.4) is 0 Å². The Kier molecular flexibility index (Phi) is 6.40. The van der Waals surface area contributed by atoms with E-state index >= 15 is 0 Å². The average molecular weight is 489 g/mol. The van der Waals surface area contributed by atoms with Gasteiger partial charge in [-0.25, -0.2) is 16.8 Å². The van der Waals surface area contributed by atoms with Crippen molar-refractivity contribution in [2.45, 2.75) is 30.8 Å². The van der Waals surface area contributed by atoms with Crippen LogP contribution in [0, 0.1) is 0 Å². The van der Waals surface area contributed by atoms with Gasteiger partial charge in [0.25, 0.3) is 5.91 Å². The van der Waals surface area contributed by atoms with Crippen molar-refractivity contribution < 1.29 is 26.2 Å². The van der Waals surface area contributed by atoms with Crippen molar-refractivity contribution in [3.63, 3.8) is 0 Å². The summed E-state index contributed by atoms with van der Waals surface area (Å²) in [7, 11) is -6.51. The summed E-state index contributed by atoms with van der Waals surface area (Å²) in [5.41, 5.74) is 1.52. The number of benzene rings is 2. The van der Waals surface area contributed by atoms with E-state index in [4.69, 9.17) is 4.52 Å². The Balaban J connectivity index is 1.60. The van der Waals surface area contributed by atoms with Crippen molar-refractivity contribution in [1.82, 2.24) is 10.1 Å². The molecule has 0 spiro atoms. The number of hydrogen-bond acceptors (Lipinski definition) is 7. The van der Waals surface area contributed by atoms with Gasteiger partial charge in [0.05, 0.1) is 22.2 Å². The number of hydrogen-bond donors (Lipinski definition) is 0. The highest BCUT2D eigenvalue weighted by molar-refractivity contribution is 7.91. The molecule has 1 unspecified atom stereocenters. The molecule has 3 aromatic rings. The summed E-state index contributed by atoms with van der Waals surface area (Å²) in [4.78, 5) is 15.1. The first-order valence-electron chi connectivity index (χ1n) is 10.5. The molecule has 0 saturated carbocycles. The van der Waals surface area contributed by atoms with E-state index in [1.54, 1.807) is 24.0 Å². The third kappa shape index (κ3) is 5.17. The van der Waals surface area contributed by atoms with Gasteiger partial charge in [0.1, 0.15) is 0 Å². The maximum absolute atomic E-state index is 13.3. The van der Waals surface area contributed by atoms with Gasteiger partial charge in [0.15, 0.2) is 31.1 Å². The molecule has 1 amide bonds. The van der Waals surface area contributed by atoms with Crippen LogP contribution in [0.2, 0.25) is 0 Å². The van der Waals surface area contributed by atoms with Crippen LogP contribution in [0.5, 0.6) is 0 Å². The highest BCUT2D eigenvalue weighted by Crippen LogP contribution is 2.26. The molecule has 0 bridgehead atoms. The Labute approximate surface area is 193 Å². The summed E-state index contributed by atoms with van der Waals surface area (Å²) in [5, 5.41) is 3.92. The van der Waals surface area contributed by atoms with E-state index in [-0.39, 0.29) is 34.4 Å². The number of aromatic nitrogens is 1. The predicted octanol–water partition coefficient (Wildman–Crippen LogP) is 2.96. The lowest BCUT2D eigenvalue weighted by Gasteiger charge is -2.27. The summed E-state index contributed by atoms with van der Waals surface area (Å²) < 4.78 is 53.5. The molecule has 1 saturated heterocycles. The van der Waals surface area contributed by atoms with Crippen molar-refractivity contribution >= 4 is 25.6 Å². The third-order valence-electron chi connectivity index (χ3n) is 5.71. The SMILES string of the molecule is CCS(=O)(=O)c1ccc(-c2cc(C(=O)N(Cc3ccccc3)C3CCS(=O)(=O)C3)no2)cc1. The van der Waals surface area contributed by atoms with Crippen molar-refractivity contribution in [3.05, 3.63) is 71.9 Å². The van der Waals surface area contributed by atoms with E-state index in [0.29, 0.717) is 17.7 Å². The molecule has 1 aromatic heterocycles. The van der Waals surface area contributed by atoms with Gasteiger partial charge in [-0.1, -0.05) is 42.4 Å². The molecular formula is C23H24N2O6S2. The lowest BCUT2D eigenvalue weighted by Crippen LogP contribution is -2.40. The Bertz CT molecular complexity index is 1350. The summed E-state index contributed by atoms with van der Waals surface area (Å²) in [5.74, 6) is -0.128. The van der Waals surface area contributed by atoms with Crippen molar-refractivity contribution in [2.24, 2.45) is 0 Å². The lowest BCUT2D eigenvalue weighted by atomic mass is 10.1. The van der Waals surface area contributed by atoms with Crippen molar-refractivity contribution in [3.8, 4) is 11.3 Å². The Morgan fingerprint density at radius 3 is 2.42 bits per heavy atom. The van der Waals surface area contributed by atoms with Gasteiger partial charge in [-0.15, -0.1) is 0 Å². The molecule has 2 heterocycles. The van der Waals surface area contributed by atoms with Gasteiger partial charge in [-0.2, -0.15) is 0 Å². The Morgan fingerprint density at radius 1 is 1.12 bits per heavy atom. The average Bonchev–Trinajstić information content (AvgIpc) is 3.44. The third-order valence-corrected chi connectivity index (χ3v) is 9.21.